The molecule has 1 saturated heterocycles. The largest absolute Gasteiger partial charge is 0.376 e. The van der Waals surface area contributed by atoms with Crippen LogP contribution in [0.1, 0.15) is 33.6 Å². The Morgan fingerprint density at radius 2 is 1.49 bits per heavy atom. The van der Waals surface area contributed by atoms with Gasteiger partial charge in [-0.05, 0) is 61.4 Å². The Morgan fingerprint density at radius 1 is 0.771 bits per heavy atom. The van der Waals surface area contributed by atoms with Gasteiger partial charge in [0.05, 0.1) is 12.6 Å². The molecule has 3 amide bonds. The molecule has 1 fully saturated rings. The average molecular weight is 473 g/mol. The Labute approximate surface area is 204 Å². The molecule has 1 heterocycles. The molecule has 4 N–H and O–H groups in total. The molecule has 1 unspecified atom stereocenters. The maximum absolute atomic E-state index is 12.5. The summed E-state index contributed by atoms with van der Waals surface area (Å²) in [5.74, 6) is -0.664. The van der Waals surface area contributed by atoms with Gasteiger partial charge in [-0.3, -0.25) is 14.4 Å². The Hall–Kier alpha value is -4.17. The summed E-state index contributed by atoms with van der Waals surface area (Å²) in [7, 11) is 0. The highest BCUT2D eigenvalue weighted by molar-refractivity contribution is 6.04. The minimum Gasteiger partial charge on any atom is -0.376 e. The van der Waals surface area contributed by atoms with Crippen LogP contribution in [0.2, 0.25) is 0 Å². The van der Waals surface area contributed by atoms with Crippen LogP contribution >= 0.6 is 0 Å². The number of amides is 3. The lowest BCUT2D eigenvalue weighted by atomic mass is 10.1. The molecule has 180 valence electrons. The molecule has 3 aromatic rings. The minimum absolute atomic E-state index is 0.0155. The van der Waals surface area contributed by atoms with Crippen molar-refractivity contribution in [2.75, 3.05) is 35.6 Å². The Morgan fingerprint density at radius 3 is 2.26 bits per heavy atom. The van der Waals surface area contributed by atoms with E-state index in [0.29, 0.717) is 34.7 Å². The molecule has 0 bridgehead atoms. The van der Waals surface area contributed by atoms with Crippen LogP contribution < -0.4 is 21.3 Å². The second-order valence-electron chi connectivity index (χ2n) is 8.23. The van der Waals surface area contributed by atoms with Crippen molar-refractivity contribution in [1.82, 2.24) is 5.32 Å². The number of ether oxygens (including phenoxy) is 1. The summed E-state index contributed by atoms with van der Waals surface area (Å²) in [5.41, 5.74) is 2.86. The first-order valence-electron chi connectivity index (χ1n) is 11.6. The molecule has 1 aliphatic rings. The van der Waals surface area contributed by atoms with Crippen LogP contribution in [0.4, 0.5) is 17.1 Å². The zero-order valence-corrected chi connectivity index (χ0v) is 19.3. The van der Waals surface area contributed by atoms with E-state index < -0.39 is 0 Å². The fraction of sp³-hybridized carbons (Fsp3) is 0.222. The van der Waals surface area contributed by atoms with Gasteiger partial charge in [0.25, 0.3) is 11.8 Å². The fourth-order valence-electron chi connectivity index (χ4n) is 3.74. The number of carbonyl (C=O) groups is 3. The van der Waals surface area contributed by atoms with Crippen LogP contribution in [0.25, 0.3) is 0 Å². The minimum atomic E-state index is -0.259. The molecule has 8 heteroatoms. The lowest BCUT2D eigenvalue weighted by Gasteiger charge is -2.12. The van der Waals surface area contributed by atoms with E-state index in [1.807, 2.05) is 6.07 Å². The number of benzene rings is 3. The molecular formula is C27H28N4O4. The fourth-order valence-corrected chi connectivity index (χ4v) is 3.74. The molecule has 1 atom stereocenters. The molecule has 0 saturated carbocycles. The van der Waals surface area contributed by atoms with Gasteiger partial charge in [-0.1, -0.05) is 30.3 Å². The van der Waals surface area contributed by atoms with Crippen molar-refractivity contribution in [2.45, 2.75) is 18.9 Å². The van der Waals surface area contributed by atoms with E-state index in [1.165, 1.54) is 0 Å². The van der Waals surface area contributed by atoms with Gasteiger partial charge in [0.2, 0.25) is 5.91 Å². The maximum atomic E-state index is 12.5. The third-order valence-corrected chi connectivity index (χ3v) is 5.53. The van der Waals surface area contributed by atoms with E-state index in [-0.39, 0.29) is 30.4 Å². The smallest absolute Gasteiger partial charge is 0.255 e. The van der Waals surface area contributed by atoms with Crippen molar-refractivity contribution in [3.05, 3.63) is 90.0 Å². The van der Waals surface area contributed by atoms with E-state index in [9.17, 15) is 14.4 Å². The maximum Gasteiger partial charge on any atom is 0.255 e. The molecule has 0 radical (unpaired) electrons. The van der Waals surface area contributed by atoms with E-state index >= 15 is 0 Å². The summed E-state index contributed by atoms with van der Waals surface area (Å²) in [6.07, 6.45) is 2.06. The van der Waals surface area contributed by atoms with Crippen molar-refractivity contribution in [3.63, 3.8) is 0 Å². The quantitative estimate of drug-likeness (QED) is 0.378. The summed E-state index contributed by atoms with van der Waals surface area (Å²) in [6, 6.07) is 22.8. The second kappa shape index (κ2) is 11.8. The molecule has 0 aliphatic carbocycles. The van der Waals surface area contributed by atoms with E-state index in [1.54, 1.807) is 72.8 Å². The number of rotatable bonds is 9. The van der Waals surface area contributed by atoms with Crippen molar-refractivity contribution in [3.8, 4) is 0 Å². The van der Waals surface area contributed by atoms with Gasteiger partial charge in [-0.2, -0.15) is 0 Å². The summed E-state index contributed by atoms with van der Waals surface area (Å²) >= 11 is 0. The standard InChI is InChI=1S/C27H28N4O4/c32-25(30-22-11-5-12-23(16-22)31-27(34)19-7-2-1-3-8-19)18-28-21-10-4-9-20(15-21)26(33)29-17-24-13-6-14-35-24/h1-5,7-12,15-16,24,28H,6,13-14,17-18H2,(H,29,33)(H,30,32)(H,31,34). The average Bonchev–Trinajstić information content (AvgIpc) is 3.41. The van der Waals surface area contributed by atoms with Gasteiger partial charge < -0.3 is 26.0 Å². The van der Waals surface area contributed by atoms with Crippen LogP contribution in [-0.2, 0) is 9.53 Å². The lowest BCUT2D eigenvalue weighted by molar-refractivity contribution is -0.114. The SMILES string of the molecule is O=C(CNc1cccc(C(=O)NCC2CCCO2)c1)Nc1cccc(NC(=O)c2ccccc2)c1. The topological polar surface area (TPSA) is 109 Å². The Kier molecular flexibility index (Phi) is 8.08. The number of carbonyl (C=O) groups excluding carboxylic acids is 3. The molecule has 8 nitrogen and oxygen atoms in total. The summed E-state index contributed by atoms with van der Waals surface area (Å²) in [6.45, 7) is 1.25. The molecule has 35 heavy (non-hydrogen) atoms. The highest BCUT2D eigenvalue weighted by Crippen LogP contribution is 2.17. The number of hydrogen-bond donors (Lipinski definition) is 4. The zero-order chi connectivity index (χ0) is 24.5. The van der Waals surface area contributed by atoms with Crippen molar-refractivity contribution >= 4 is 34.8 Å². The van der Waals surface area contributed by atoms with Crippen LogP contribution in [0, 0.1) is 0 Å². The summed E-state index contributed by atoms with van der Waals surface area (Å²) in [4.78, 5) is 37.2. The highest BCUT2D eigenvalue weighted by atomic mass is 16.5. The Bertz CT molecular complexity index is 1180. The molecule has 1 aliphatic heterocycles. The van der Waals surface area contributed by atoms with E-state index in [4.69, 9.17) is 4.74 Å². The van der Waals surface area contributed by atoms with Gasteiger partial charge in [0, 0.05) is 41.3 Å². The third-order valence-electron chi connectivity index (χ3n) is 5.53. The molecule has 4 rings (SSSR count). The first-order chi connectivity index (χ1) is 17.1. The number of nitrogens with one attached hydrogen (secondary N) is 4. The van der Waals surface area contributed by atoms with Gasteiger partial charge in [0.1, 0.15) is 0 Å². The third kappa shape index (κ3) is 7.15. The van der Waals surface area contributed by atoms with Crippen LogP contribution in [-0.4, -0.2) is 43.5 Å². The molecule has 0 spiro atoms. The monoisotopic (exact) mass is 472 g/mol. The summed E-state index contributed by atoms with van der Waals surface area (Å²) < 4.78 is 5.53. The Balaban J connectivity index is 1.27. The lowest BCUT2D eigenvalue weighted by Crippen LogP contribution is -2.31. The van der Waals surface area contributed by atoms with Gasteiger partial charge in [-0.15, -0.1) is 0 Å². The first-order valence-corrected chi connectivity index (χ1v) is 11.6. The first kappa shape index (κ1) is 24.0. The predicted molar refractivity (Wildman–Crippen MR) is 136 cm³/mol. The van der Waals surface area contributed by atoms with Gasteiger partial charge in [0.15, 0.2) is 0 Å². The predicted octanol–water partition coefficient (Wildman–Crippen LogP) is 3.90. The second-order valence-corrected chi connectivity index (χ2v) is 8.23. The molecule has 0 aromatic heterocycles. The normalized spacial score (nSPS) is 14.7. The molecular weight excluding hydrogens is 444 g/mol. The van der Waals surface area contributed by atoms with Gasteiger partial charge in [-0.25, -0.2) is 0 Å². The van der Waals surface area contributed by atoms with Crippen LogP contribution in [0.3, 0.4) is 0 Å². The van der Waals surface area contributed by atoms with Crippen molar-refractivity contribution in [2.24, 2.45) is 0 Å². The zero-order valence-electron chi connectivity index (χ0n) is 19.3. The number of hydrogen-bond acceptors (Lipinski definition) is 5. The highest BCUT2D eigenvalue weighted by Gasteiger charge is 2.17. The summed E-state index contributed by atoms with van der Waals surface area (Å²) in [5, 5.41) is 11.6. The van der Waals surface area contributed by atoms with Crippen LogP contribution in [0.5, 0.6) is 0 Å². The van der Waals surface area contributed by atoms with E-state index in [2.05, 4.69) is 21.3 Å². The molecule has 3 aromatic carbocycles. The van der Waals surface area contributed by atoms with E-state index in [0.717, 1.165) is 19.4 Å². The number of anilines is 3. The van der Waals surface area contributed by atoms with Crippen molar-refractivity contribution in [1.29, 1.82) is 0 Å². The van der Waals surface area contributed by atoms with Crippen LogP contribution in [0.15, 0.2) is 78.9 Å². The van der Waals surface area contributed by atoms with Gasteiger partial charge >= 0.3 is 0 Å². The van der Waals surface area contributed by atoms with Crippen molar-refractivity contribution < 1.29 is 19.1 Å².